The Balaban J connectivity index is 1.67. The Morgan fingerprint density at radius 3 is 2.42 bits per heavy atom. The SMILES string of the molecule is CN(C)c1ccc(C#CCNC(=O)CCCc2ccccc2)cc1. The minimum Gasteiger partial charge on any atom is -0.378 e. The van der Waals surface area contributed by atoms with E-state index in [4.69, 9.17) is 0 Å². The molecule has 0 saturated carbocycles. The van der Waals surface area contributed by atoms with Gasteiger partial charge in [-0.05, 0) is 42.7 Å². The average Bonchev–Trinajstić information content (AvgIpc) is 2.60. The van der Waals surface area contributed by atoms with Crippen LogP contribution in [0.3, 0.4) is 0 Å². The second kappa shape index (κ2) is 9.42. The third-order valence-corrected chi connectivity index (χ3v) is 3.70. The first-order valence-corrected chi connectivity index (χ1v) is 8.22. The predicted molar refractivity (Wildman–Crippen MR) is 100 cm³/mol. The van der Waals surface area contributed by atoms with Gasteiger partial charge in [-0.3, -0.25) is 4.79 Å². The molecule has 0 heterocycles. The summed E-state index contributed by atoms with van der Waals surface area (Å²) in [4.78, 5) is 13.8. The van der Waals surface area contributed by atoms with Crippen LogP contribution >= 0.6 is 0 Å². The van der Waals surface area contributed by atoms with Crippen molar-refractivity contribution in [2.75, 3.05) is 25.5 Å². The number of anilines is 1. The van der Waals surface area contributed by atoms with Gasteiger partial charge in [0.1, 0.15) is 0 Å². The van der Waals surface area contributed by atoms with E-state index >= 15 is 0 Å². The maximum atomic E-state index is 11.8. The number of aryl methyl sites for hydroxylation is 1. The molecule has 0 aliphatic heterocycles. The first-order chi connectivity index (χ1) is 11.6. The molecule has 0 fully saturated rings. The number of benzene rings is 2. The minimum atomic E-state index is 0.0585. The summed E-state index contributed by atoms with van der Waals surface area (Å²) >= 11 is 0. The Bertz CT molecular complexity index is 694. The molecule has 2 aromatic carbocycles. The fourth-order valence-corrected chi connectivity index (χ4v) is 2.32. The van der Waals surface area contributed by atoms with Crippen molar-refractivity contribution >= 4 is 11.6 Å². The molecule has 0 radical (unpaired) electrons. The molecule has 24 heavy (non-hydrogen) atoms. The second-order valence-corrected chi connectivity index (χ2v) is 5.86. The summed E-state index contributed by atoms with van der Waals surface area (Å²) in [7, 11) is 4.02. The Hall–Kier alpha value is -2.73. The maximum Gasteiger partial charge on any atom is 0.220 e. The predicted octanol–water partition coefficient (Wildman–Crippen LogP) is 3.24. The third kappa shape index (κ3) is 6.18. The van der Waals surface area contributed by atoms with Crippen LogP contribution < -0.4 is 10.2 Å². The van der Waals surface area contributed by atoms with E-state index < -0.39 is 0 Å². The van der Waals surface area contributed by atoms with Crippen LogP contribution in [0.5, 0.6) is 0 Å². The van der Waals surface area contributed by atoms with Crippen LogP contribution in [0.25, 0.3) is 0 Å². The lowest BCUT2D eigenvalue weighted by Gasteiger charge is -2.11. The van der Waals surface area contributed by atoms with E-state index in [0.29, 0.717) is 13.0 Å². The van der Waals surface area contributed by atoms with Gasteiger partial charge in [-0.15, -0.1) is 0 Å². The van der Waals surface area contributed by atoms with Crippen molar-refractivity contribution in [3.8, 4) is 11.8 Å². The normalized spacial score (nSPS) is 9.75. The summed E-state index contributed by atoms with van der Waals surface area (Å²) < 4.78 is 0. The van der Waals surface area contributed by atoms with Crippen molar-refractivity contribution in [3.05, 3.63) is 65.7 Å². The molecule has 1 N–H and O–H groups in total. The quantitative estimate of drug-likeness (QED) is 0.829. The molecule has 2 aromatic rings. The summed E-state index contributed by atoms with van der Waals surface area (Å²) in [6.45, 7) is 0.388. The van der Waals surface area contributed by atoms with Crippen molar-refractivity contribution in [2.24, 2.45) is 0 Å². The van der Waals surface area contributed by atoms with E-state index in [9.17, 15) is 4.79 Å². The fraction of sp³-hybridized carbons (Fsp3) is 0.286. The van der Waals surface area contributed by atoms with E-state index in [0.717, 1.165) is 24.1 Å². The lowest BCUT2D eigenvalue weighted by Crippen LogP contribution is -2.23. The monoisotopic (exact) mass is 320 g/mol. The van der Waals surface area contributed by atoms with E-state index in [2.05, 4.69) is 29.3 Å². The molecule has 0 saturated heterocycles. The van der Waals surface area contributed by atoms with E-state index in [1.807, 2.05) is 61.5 Å². The highest BCUT2D eigenvalue weighted by atomic mass is 16.1. The molecule has 3 nitrogen and oxygen atoms in total. The van der Waals surface area contributed by atoms with E-state index in [1.54, 1.807) is 0 Å². The molecule has 1 amide bonds. The summed E-state index contributed by atoms with van der Waals surface area (Å²) in [5, 5.41) is 2.85. The lowest BCUT2D eigenvalue weighted by atomic mass is 10.1. The third-order valence-electron chi connectivity index (χ3n) is 3.70. The van der Waals surface area contributed by atoms with Crippen LogP contribution in [-0.4, -0.2) is 26.5 Å². The zero-order chi connectivity index (χ0) is 17.2. The van der Waals surface area contributed by atoms with Gasteiger partial charge >= 0.3 is 0 Å². The van der Waals surface area contributed by atoms with Gasteiger partial charge in [0.15, 0.2) is 0 Å². The van der Waals surface area contributed by atoms with Crippen molar-refractivity contribution in [2.45, 2.75) is 19.3 Å². The Morgan fingerprint density at radius 1 is 1.04 bits per heavy atom. The number of nitrogens with zero attached hydrogens (tertiary/aromatic N) is 1. The maximum absolute atomic E-state index is 11.8. The number of hydrogen-bond acceptors (Lipinski definition) is 2. The molecule has 0 aliphatic carbocycles. The molecule has 2 rings (SSSR count). The highest BCUT2D eigenvalue weighted by molar-refractivity contribution is 5.76. The molecule has 0 bridgehead atoms. The molecule has 0 aliphatic rings. The lowest BCUT2D eigenvalue weighted by molar-refractivity contribution is -0.120. The van der Waals surface area contributed by atoms with Crippen LogP contribution in [0.2, 0.25) is 0 Å². The molecular formula is C21H24N2O. The molecule has 0 spiro atoms. The summed E-state index contributed by atoms with van der Waals surface area (Å²) in [5.74, 6) is 6.12. The van der Waals surface area contributed by atoms with Gasteiger partial charge in [-0.1, -0.05) is 42.2 Å². The Kier molecular flexibility index (Phi) is 6.91. The smallest absolute Gasteiger partial charge is 0.220 e. The molecule has 3 heteroatoms. The van der Waals surface area contributed by atoms with Gasteiger partial charge in [0, 0.05) is 31.8 Å². The van der Waals surface area contributed by atoms with Crippen molar-refractivity contribution in [1.29, 1.82) is 0 Å². The van der Waals surface area contributed by atoms with Crippen molar-refractivity contribution < 1.29 is 4.79 Å². The second-order valence-electron chi connectivity index (χ2n) is 5.86. The van der Waals surface area contributed by atoms with Crippen molar-refractivity contribution in [3.63, 3.8) is 0 Å². The average molecular weight is 320 g/mol. The van der Waals surface area contributed by atoms with E-state index in [1.165, 1.54) is 5.56 Å². The van der Waals surface area contributed by atoms with Gasteiger partial charge in [0.2, 0.25) is 5.91 Å². The first kappa shape index (κ1) is 17.6. The van der Waals surface area contributed by atoms with Gasteiger partial charge in [-0.2, -0.15) is 0 Å². The molecule has 0 atom stereocenters. The highest BCUT2D eigenvalue weighted by Crippen LogP contribution is 2.11. The van der Waals surface area contributed by atoms with Crippen LogP contribution in [0.4, 0.5) is 5.69 Å². The van der Waals surface area contributed by atoms with Gasteiger partial charge in [0.05, 0.1) is 6.54 Å². The molecular weight excluding hydrogens is 296 g/mol. The van der Waals surface area contributed by atoms with Gasteiger partial charge in [0.25, 0.3) is 0 Å². The standard InChI is InChI=1S/C21H24N2O/c1-23(2)20-15-13-19(14-16-20)11-7-17-22-21(24)12-6-10-18-8-4-3-5-9-18/h3-5,8-9,13-16H,6,10,12,17H2,1-2H3,(H,22,24). The fourth-order valence-electron chi connectivity index (χ4n) is 2.32. The Morgan fingerprint density at radius 2 is 1.75 bits per heavy atom. The number of hydrogen-bond donors (Lipinski definition) is 1. The summed E-state index contributed by atoms with van der Waals surface area (Å²) in [5.41, 5.74) is 3.37. The molecule has 0 unspecified atom stereocenters. The number of amides is 1. The zero-order valence-corrected chi connectivity index (χ0v) is 14.4. The number of carbonyl (C=O) groups is 1. The number of rotatable bonds is 6. The van der Waals surface area contributed by atoms with E-state index in [-0.39, 0.29) is 5.91 Å². The Labute approximate surface area is 144 Å². The van der Waals surface area contributed by atoms with Crippen LogP contribution in [0, 0.1) is 11.8 Å². The molecule has 0 aromatic heterocycles. The topological polar surface area (TPSA) is 32.3 Å². The van der Waals surface area contributed by atoms with Crippen LogP contribution in [-0.2, 0) is 11.2 Å². The largest absolute Gasteiger partial charge is 0.378 e. The molecule has 124 valence electrons. The van der Waals surface area contributed by atoms with Gasteiger partial charge in [-0.25, -0.2) is 0 Å². The number of nitrogens with one attached hydrogen (secondary N) is 1. The summed E-state index contributed by atoms with van der Waals surface area (Å²) in [6.07, 6.45) is 2.32. The van der Waals surface area contributed by atoms with Crippen molar-refractivity contribution in [1.82, 2.24) is 5.32 Å². The van der Waals surface area contributed by atoms with Gasteiger partial charge < -0.3 is 10.2 Å². The summed E-state index contributed by atoms with van der Waals surface area (Å²) in [6, 6.07) is 18.3. The van der Waals surface area contributed by atoms with Crippen LogP contribution in [0.1, 0.15) is 24.0 Å². The van der Waals surface area contributed by atoms with Crippen LogP contribution in [0.15, 0.2) is 54.6 Å². The first-order valence-electron chi connectivity index (χ1n) is 8.22. The number of carbonyl (C=O) groups excluding carboxylic acids is 1. The zero-order valence-electron chi connectivity index (χ0n) is 14.4. The highest BCUT2D eigenvalue weighted by Gasteiger charge is 2.00. The minimum absolute atomic E-state index is 0.0585.